The number of rotatable bonds is 5. The van der Waals surface area contributed by atoms with Crippen molar-refractivity contribution in [2.75, 3.05) is 43.5 Å². The Kier molecular flexibility index (Phi) is 6.46. The number of carbonyl (C=O) groups is 2. The third-order valence-corrected chi connectivity index (χ3v) is 5.42. The van der Waals surface area contributed by atoms with Crippen LogP contribution >= 0.6 is 0 Å². The van der Waals surface area contributed by atoms with Crippen molar-refractivity contribution in [3.05, 3.63) is 23.8 Å². The van der Waals surface area contributed by atoms with Gasteiger partial charge in [-0.2, -0.15) is 0 Å². The van der Waals surface area contributed by atoms with Crippen molar-refractivity contribution < 1.29 is 14.3 Å². The number of carbonyl (C=O) groups excluding carboxylic acids is 2. The lowest BCUT2D eigenvalue weighted by Gasteiger charge is -2.31. The van der Waals surface area contributed by atoms with Crippen LogP contribution in [0.4, 0.5) is 11.4 Å². The molecule has 2 aliphatic rings. The normalized spacial score (nSPS) is 20.1. The number of nitrogens with one attached hydrogen (secondary N) is 2. The van der Waals surface area contributed by atoms with Crippen molar-refractivity contribution >= 4 is 23.2 Å². The molecule has 0 aromatic heterocycles. The van der Waals surface area contributed by atoms with Crippen molar-refractivity contribution in [1.29, 1.82) is 0 Å². The van der Waals surface area contributed by atoms with Crippen LogP contribution in [0.5, 0.6) is 0 Å². The van der Waals surface area contributed by atoms with E-state index in [0.29, 0.717) is 44.0 Å². The van der Waals surface area contributed by atoms with E-state index >= 15 is 0 Å². The number of nitrogens with two attached hydrogens (primary N) is 1. The highest BCUT2D eigenvalue weighted by Gasteiger charge is 2.35. The predicted octanol–water partition coefficient (Wildman–Crippen LogP) is 1.87. The molecule has 7 nitrogen and oxygen atoms in total. The molecule has 27 heavy (non-hydrogen) atoms. The van der Waals surface area contributed by atoms with Crippen LogP contribution in [0.1, 0.15) is 37.7 Å². The Labute approximate surface area is 160 Å². The van der Waals surface area contributed by atoms with Gasteiger partial charge in [0.15, 0.2) is 0 Å². The van der Waals surface area contributed by atoms with Gasteiger partial charge < -0.3 is 21.1 Å². The highest BCUT2D eigenvalue weighted by molar-refractivity contribution is 5.99. The molecule has 2 amide bonds. The summed E-state index contributed by atoms with van der Waals surface area (Å²) >= 11 is 0. The summed E-state index contributed by atoms with van der Waals surface area (Å²) in [6.07, 6.45) is 4.56. The standard InChI is InChI=1S/C20H30N4O3/c1-15-5-6-16(22-19(26)20(21)7-11-27-12-8-20)13-17(15)23-18(25)14-24-9-3-2-4-10-24/h5-6,13H,2-4,7-12,14,21H2,1H3,(H,22,26)(H,23,25). The minimum atomic E-state index is -0.902. The summed E-state index contributed by atoms with van der Waals surface area (Å²) in [6, 6.07) is 5.51. The number of aryl methyl sites for hydroxylation is 1. The van der Waals surface area contributed by atoms with E-state index in [1.54, 1.807) is 6.07 Å². The molecule has 0 aliphatic carbocycles. The average Bonchev–Trinajstić information content (AvgIpc) is 2.66. The van der Waals surface area contributed by atoms with Gasteiger partial charge in [0, 0.05) is 24.6 Å². The zero-order chi connectivity index (χ0) is 19.3. The third-order valence-electron chi connectivity index (χ3n) is 5.42. The van der Waals surface area contributed by atoms with Gasteiger partial charge in [0.25, 0.3) is 0 Å². The van der Waals surface area contributed by atoms with Crippen molar-refractivity contribution in [1.82, 2.24) is 4.90 Å². The monoisotopic (exact) mass is 374 g/mol. The van der Waals surface area contributed by atoms with E-state index < -0.39 is 5.54 Å². The van der Waals surface area contributed by atoms with Gasteiger partial charge >= 0.3 is 0 Å². The Hall–Kier alpha value is -1.96. The summed E-state index contributed by atoms with van der Waals surface area (Å²) in [6.45, 7) is 5.29. The first-order valence-corrected chi connectivity index (χ1v) is 9.77. The van der Waals surface area contributed by atoms with Crippen molar-refractivity contribution in [2.45, 2.75) is 44.6 Å². The minimum Gasteiger partial charge on any atom is -0.381 e. The number of benzene rings is 1. The molecule has 2 heterocycles. The van der Waals surface area contributed by atoms with Crippen LogP contribution in [0.3, 0.4) is 0 Å². The van der Waals surface area contributed by atoms with Gasteiger partial charge in [0.1, 0.15) is 5.54 Å². The number of nitrogens with zero attached hydrogens (tertiary/aromatic N) is 1. The first kappa shape index (κ1) is 19.8. The lowest BCUT2D eigenvalue weighted by Crippen LogP contribution is -2.54. The summed E-state index contributed by atoms with van der Waals surface area (Å²) in [5, 5.41) is 5.87. The highest BCUT2D eigenvalue weighted by Crippen LogP contribution is 2.24. The Morgan fingerprint density at radius 2 is 1.85 bits per heavy atom. The maximum absolute atomic E-state index is 12.6. The van der Waals surface area contributed by atoms with Crippen molar-refractivity contribution in [3.8, 4) is 0 Å². The second-order valence-corrected chi connectivity index (χ2v) is 7.64. The van der Waals surface area contributed by atoms with Crippen LogP contribution < -0.4 is 16.4 Å². The number of hydrogen-bond acceptors (Lipinski definition) is 5. The molecule has 2 fully saturated rings. The lowest BCUT2D eigenvalue weighted by molar-refractivity contribution is -0.124. The fourth-order valence-electron chi connectivity index (χ4n) is 3.56. The number of anilines is 2. The summed E-state index contributed by atoms with van der Waals surface area (Å²) in [5.74, 6) is -0.233. The number of piperidine rings is 1. The zero-order valence-electron chi connectivity index (χ0n) is 16.1. The van der Waals surface area contributed by atoms with Crippen molar-refractivity contribution in [2.24, 2.45) is 5.73 Å². The van der Waals surface area contributed by atoms with E-state index in [-0.39, 0.29) is 11.8 Å². The van der Waals surface area contributed by atoms with Gasteiger partial charge in [0.05, 0.1) is 6.54 Å². The average molecular weight is 374 g/mol. The third kappa shape index (κ3) is 5.28. The molecule has 148 valence electrons. The predicted molar refractivity (Wildman–Crippen MR) is 106 cm³/mol. The Bertz CT molecular complexity index is 680. The van der Waals surface area contributed by atoms with Crippen LogP contribution in [0, 0.1) is 6.92 Å². The molecular formula is C20H30N4O3. The largest absolute Gasteiger partial charge is 0.381 e. The highest BCUT2D eigenvalue weighted by atomic mass is 16.5. The van der Waals surface area contributed by atoms with E-state index in [1.165, 1.54) is 6.42 Å². The minimum absolute atomic E-state index is 0.0248. The maximum atomic E-state index is 12.6. The second-order valence-electron chi connectivity index (χ2n) is 7.64. The summed E-state index contributed by atoms with van der Waals surface area (Å²) < 4.78 is 5.29. The van der Waals surface area contributed by atoms with Crippen LogP contribution in [0.15, 0.2) is 18.2 Å². The molecule has 7 heteroatoms. The molecule has 2 saturated heterocycles. The molecule has 0 atom stereocenters. The van der Waals surface area contributed by atoms with E-state index in [9.17, 15) is 9.59 Å². The number of ether oxygens (including phenoxy) is 1. The van der Waals surface area contributed by atoms with Gasteiger partial charge in [-0.3, -0.25) is 14.5 Å². The first-order valence-electron chi connectivity index (χ1n) is 9.77. The second kappa shape index (κ2) is 8.82. The van der Waals surface area contributed by atoms with Gasteiger partial charge in [-0.25, -0.2) is 0 Å². The number of hydrogen-bond donors (Lipinski definition) is 3. The molecule has 1 aromatic carbocycles. The van der Waals surface area contributed by atoms with Crippen LogP contribution in [0.2, 0.25) is 0 Å². The Morgan fingerprint density at radius 3 is 2.56 bits per heavy atom. The van der Waals surface area contributed by atoms with Gasteiger partial charge in [0.2, 0.25) is 11.8 Å². The van der Waals surface area contributed by atoms with Gasteiger partial charge in [-0.1, -0.05) is 12.5 Å². The molecular weight excluding hydrogens is 344 g/mol. The molecule has 0 bridgehead atoms. The number of amides is 2. The Balaban J connectivity index is 1.61. The van der Waals surface area contributed by atoms with Gasteiger partial charge in [-0.15, -0.1) is 0 Å². The van der Waals surface area contributed by atoms with Crippen LogP contribution in [-0.4, -0.2) is 55.1 Å². The summed E-state index contributed by atoms with van der Waals surface area (Å²) in [5.41, 5.74) is 7.64. The summed E-state index contributed by atoms with van der Waals surface area (Å²) in [7, 11) is 0. The van der Waals surface area contributed by atoms with Crippen LogP contribution in [-0.2, 0) is 14.3 Å². The molecule has 2 aliphatic heterocycles. The van der Waals surface area contributed by atoms with E-state index in [1.807, 2.05) is 19.1 Å². The molecule has 0 spiro atoms. The lowest BCUT2D eigenvalue weighted by atomic mass is 9.90. The fraction of sp³-hybridized carbons (Fsp3) is 0.600. The maximum Gasteiger partial charge on any atom is 0.244 e. The first-order chi connectivity index (χ1) is 13.0. The van der Waals surface area contributed by atoms with E-state index in [4.69, 9.17) is 10.5 Å². The molecule has 1 aromatic rings. The molecule has 3 rings (SSSR count). The molecule has 0 radical (unpaired) electrons. The molecule has 0 unspecified atom stereocenters. The van der Waals surface area contributed by atoms with E-state index in [2.05, 4.69) is 15.5 Å². The summed E-state index contributed by atoms with van der Waals surface area (Å²) in [4.78, 5) is 27.2. The fourth-order valence-corrected chi connectivity index (χ4v) is 3.56. The topological polar surface area (TPSA) is 96.7 Å². The molecule has 0 saturated carbocycles. The zero-order valence-corrected chi connectivity index (χ0v) is 16.1. The quantitative estimate of drug-likeness (QED) is 0.731. The Morgan fingerprint density at radius 1 is 1.15 bits per heavy atom. The SMILES string of the molecule is Cc1ccc(NC(=O)C2(N)CCOCC2)cc1NC(=O)CN1CCCCC1. The molecule has 4 N–H and O–H groups in total. The smallest absolute Gasteiger partial charge is 0.244 e. The van der Waals surface area contributed by atoms with Gasteiger partial charge in [-0.05, 0) is 63.4 Å². The number of likely N-dealkylation sites (tertiary alicyclic amines) is 1. The van der Waals surface area contributed by atoms with E-state index in [0.717, 1.165) is 31.5 Å². The van der Waals surface area contributed by atoms with Crippen molar-refractivity contribution in [3.63, 3.8) is 0 Å². The van der Waals surface area contributed by atoms with Crippen LogP contribution in [0.25, 0.3) is 0 Å².